The van der Waals surface area contributed by atoms with Gasteiger partial charge in [-0.3, -0.25) is 4.79 Å². The fourth-order valence-corrected chi connectivity index (χ4v) is 1.59. The molecule has 0 aliphatic rings. The molecule has 0 fully saturated rings. The summed E-state index contributed by atoms with van der Waals surface area (Å²) < 4.78 is 10.9. The van der Waals surface area contributed by atoms with Crippen molar-refractivity contribution < 1.29 is 14.3 Å². The van der Waals surface area contributed by atoms with E-state index in [1.165, 1.54) is 0 Å². The summed E-state index contributed by atoms with van der Waals surface area (Å²) in [5.74, 6) is 1.06. The van der Waals surface area contributed by atoms with Gasteiger partial charge in [-0.15, -0.1) is 0 Å². The van der Waals surface area contributed by atoms with Gasteiger partial charge in [-0.1, -0.05) is 13.8 Å². The molecule has 0 radical (unpaired) electrons. The summed E-state index contributed by atoms with van der Waals surface area (Å²) in [6.07, 6.45) is 0. The van der Waals surface area contributed by atoms with Gasteiger partial charge >= 0.3 is 0 Å². The van der Waals surface area contributed by atoms with Crippen LogP contribution in [0.3, 0.4) is 0 Å². The lowest BCUT2D eigenvalue weighted by atomic mass is 10.2. The Bertz CT molecular complexity index is 390. The van der Waals surface area contributed by atoms with Gasteiger partial charge in [0.2, 0.25) is 5.91 Å². The van der Waals surface area contributed by atoms with Crippen molar-refractivity contribution in [3.05, 3.63) is 24.3 Å². The number of carbonyl (C=O) groups excluding carboxylic acids is 1. The molecule has 0 spiro atoms. The van der Waals surface area contributed by atoms with Crippen molar-refractivity contribution in [2.45, 2.75) is 32.9 Å². The molecule has 0 saturated carbocycles. The van der Waals surface area contributed by atoms with Gasteiger partial charge in [0.05, 0.1) is 6.61 Å². The van der Waals surface area contributed by atoms with E-state index in [1.807, 2.05) is 32.9 Å². The fraction of sp³-hybridized carbons (Fsp3) is 0.500. The molecular weight excluding hydrogens is 244 g/mol. The second kappa shape index (κ2) is 7.63. The van der Waals surface area contributed by atoms with Crippen LogP contribution in [0.2, 0.25) is 0 Å². The topological polar surface area (TPSA) is 73.6 Å². The van der Waals surface area contributed by atoms with Crippen LogP contribution in [0.15, 0.2) is 24.3 Å². The van der Waals surface area contributed by atoms with Crippen molar-refractivity contribution in [3.8, 4) is 11.5 Å². The third-order valence-corrected chi connectivity index (χ3v) is 2.43. The van der Waals surface area contributed by atoms with Gasteiger partial charge < -0.3 is 20.5 Å². The first-order chi connectivity index (χ1) is 9.02. The van der Waals surface area contributed by atoms with E-state index in [9.17, 15) is 4.79 Å². The van der Waals surface area contributed by atoms with Crippen LogP contribution in [0.5, 0.6) is 11.5 Å². The van der Waals surface area contributed by atoms with Crippen LogP contribution >= 0.6 is 0 Å². The molecule has 5 nitrogen and oxygen atoms in total. The van der Waals surface area contributed by atoms with E-state index in [0.29, 0.717) is 12.4 Å². The lowest BCUT2D eigenvalue weighted by molar-refractivity contribution is -0.120. The van der Waals surface area contributed by atoms with E-state index in [-0.39, 0.29) is 12.6 Å². The standard InChI is InChI=1S/C14H22N2O3/c1-4-18-11-5-7-12(8-6-11)19-9-13(14(15)17)16-10(2)3/h5-8,10,13,16H,4,9H2,1-3H3,(H2,15,17). The molecule has 1 rings (SSSR count). The molecule has 1 atom stereocenters. The number of benzene rings is 1. The number of carbonyl (C=O) groups is 1. The van der Waals surface area contributed by atoms with Gasteiger partial charge in [0.1, 0.15) is 24.1 Å². The zero-order chi connectivity index (χ0) is 14.3. The van der Waals surface area contributed by atoms with Crippen molar-refractivity contribution in [3.63, 3.8) is 0 Å². The molecule has 1 aromatic carbocycles. The summed E-state index contributed by atoms with van der Waals surface area (Å²) in [5, 5.41) is 3.06. The van der Waals surface area contributed by atoms with E-state index in [2.05, 4.69) is 5.32 Å². The Labute approximate surface area is 114 Å². The molecule has 1 unspecified atom stereocenters. The zero-order valence-electron chi connectivity index (χ0n) is 11.7. The van der Waals surface area contributed by atoms with Crippen LogP contribution in [-0.4, -0.2) is 31.2 Å². The molecule has 0 aliphatic heterocycles. The molecule has 0 aromatic heterocycles. The number of primary amides is 1. The number of hydrogen-bond donors (Lipinski definition) is 2. The van der Waals surface area contributed by atoms with E-state index < -0.39 is 11.9 Å². The van der Waals surface area contributed by atoms with E-state index >= 15 is 0 Å². The van der Waals surface area contributed by atoms with Crippen LogP contribution in [0.25, 0.3) is 0 Å². The Morgan fingerprint density at radius 2 is 1.74 bits per heavy atom. The van der Waals surface area contributed by atoms with Gasteiger partial charge in [-0.05, 0) is 31.2 Å². The van der Waals surface area contributed by atoms with Crippen LogP contribution in [0.4, 0.5) is 0 Å². The SMILES string of the molecule is CCOc1ccc(OCC(NC(C)C)C(N)=O)cc1. The van der Waals surface area contributed by atoms with Gasteiger partial charge in [0, 0.05) is 6.04 Å². The normalized spacial score (nSPS) is 12.2. The summed E-state index contributed by atoms with van der Waals surface area (Å²) in [6, 6.07) is 6.94. The van der Waals surface area contributed by atoms with E-state index in [4.69, 9.17) is 15.2 Å². The van der Waals surface area contributed by atoms with Crippen molar-refractivity contribution in [1.29, 1.82) is 0 Å². The molecule has 0 bridgehead atoms. The molecular formula is C14H22N2O3. The highest BCUT2D eigenvalue weighted by molar-refractivity contribution is 5.80. The zero-order valence-corrected chi connectivity index (χ0v) is 11.7. The molecule has 5 heteroatoms. The average Bonchev–Trinajstić information content (AvgIpc) is 2.36. The maximum atomic E-state index is 11.3. The summed E-state index contributed by atoms with van der Waals surface area (Å²) >= 11 is 0. The van der Waals surface area contributed by atoms with Crippen LogP contribution in [0, 0.1) is 0 Å². The third-order valence-electron chi connectivity index (χ3n) is 2.43. The highest BCUT2D eigenvalue weighted by atomic mass is 16.5. The third kappa shape index (κ3) is 5.61. The summed E-state index contributed by atoms with van der Waals surface area (Å²) in [7, 11) is 0. The van der Waals surface area contributed by atoms with Crippen LogP contribution in [-0.2, 0) is 4.79 Å². The first-order valence-corrected chi connectivity index (χ1v) is 6.44. The molecule has 1 amide bonds. The maximum Gasteiger partial charge on any atom is 0.238 e. The molecule has 106 valence electrons. The number of rotatable bonds is 8. The predicted octanol–water partition coefficient (Wildman–Crippen LogP) is 1.32. The number of ether oxygens (including phenoxy) is 2. The van der Waals surface area contributed by atoms with Crippen molar-refractivity contribution in [2.24, 2.45) is 5.73 Å². The summed E-state index contributed by atoms with van der Waals surface area (Å²) in [6.45, 7) is 6.67. The minimum Gasteiger partial charge on any atom is -0.494 e. The first-order valence-electron chi connectivity index (χ1n) is 6.44. The van der Waals surface area contributed by atoms with Crippen LogP contribution < -0.4 is 20.5 Å². The number of nitrogens with one attached hydrogen (secondary N) is 1. The Morgan fingerprint density at radius 1 is 1.21 bits per heavy atom. The Hall–Kier alpha value is -1.75. The van der Waals surface area contributed by atoms with Crippen molar-refractivity contribution >= 4 is 5.91 Å². The number of hydrogen-bond acceptors (Lipinski definition) is 4. The molecule has 1 aromatic rings. The van der Waals surface area contributed by atoms with Crippen LogP contribution in [0.1, 0.15) is 20.8 Å². The van der Waals surface area contributed by atoms with Gasteiger partial charge in [-0.25, -0.2) is 0 Å². The highest BCUT2D eigenvalue weighted by Gasteiger charge is 2.16. The second-order valence-corrected chi connectivity index (χ2v) is 4.49. The van der Waals surface area contributed by atoms with Crippen molar-refractivity contribution in [2.75, 3.05) is 13.2 Å². The predicted molar refractivity (Wildman–Crippen MR) is 74.4 cm³/mol. The lowest BCUT2D eigenvalue weighted by Gasteiger charge is -2.18. The Kier molecular flexibility index (Phi) is 6.15. The molecule has 19 heavy (non-hydrogen) atoms. The number of nitrogens with two attached hydrogens (primary N) is 1. The minimum absolute atomic E-state index is 0.168. The smallest absolute Gasteiger partial charge is 0.238 e. The highest BCUT2D eigenvalue weighted by Crippen LogP contribution is 2.17. The lowest BCUT2D eigenvalue weighted by Crippen LogP contribution is -2.48. The number of amides is 1. The maximum absolute atomic E-state index is 11.3. The van der Waals surface area contributed by atoms with E-state index in [0.717, 1.165) is 5.75 Å². The molecule has 3 N–H and O–H groups in total. The molecule has 0 heterocycles. The Morgan fingerprint density at radius 3 is 2.16 bits per heavy atom. The quantitative estimate of drug-likeness (QED) is 0.744. The first kappa shape index (κ1) is 15.3. The Balaban J connectivity index is 2.51. The monoisotopic (exact) mass is 266 g/mol. The summed E-state index contributed by atoms with van der Waals surface area (Å²) in [5.41, 5.74) is 5.31. The second-order valence-electron chi connectivity index (χ2n) is 4.49. The largest absolute Gasteiger partial charge is 0.494 e. The fourth-order valence-electron chi connectivity index (χ4n) is 1.59. The molecule has 0 aliphatic carbocycles. The minimum atomic E-state index is -0.494. The van der Waals surface area contributed by atoms with Gasteiger partial charge in [0.15, 0.2) is 0 Å². The van der Waals surface area contributed by atoms with E-state index in [1.54, 1.807) is 12.1 Å². The molecule has 0 saturated heterocycles. The van der Waals surface area contributed by atoms with Gasteiger partial charge in [-0.2, -0.15) is 0 Å². The average molecular weight is 266 g/mol. The van der Waals surface area contributed by atoms with Gasteiger partial charge in [0.25, 0.3) is 0 Å². The van der Waals surface area contributed by atoms with Crippen molar-refractivity contribution in [1.82, 2.24) is 5.32 Å². The summed E-state index contributed by atoms with van der Waals surface area (Å²) in [4.78, 5) is 11.3.